The first-order chi connectivity index (χ1) is 58.9. The number of benzene rings is 12. The topological polar surface area (TPSA) is 117 Å². The molecule has 591 valence electrons. The van der Waals surface area contributed by atoms with E-state index in [0.717, 1.165) is 156 Å². The summed E-state index contributed by atoms with van der Waals surface area (Å²) in [5.41, 5.74) is 27.2. The molecule has 0 bridgehead atoms. The predicted molar refractivity (Wildman–Crippen MR) is 478 cm³/mol. The van der Waals surface area contributed by atoms with E-state index in [9.17, 15) is 0 Å². The van der Waals surface area contributed by atoms with Gasteiger partial charge in [0.15, 0.2) is 0 Å². The molecule has 0 aliphatic carbocycles. The van der Waals surface area contributed by atoms with E-state index in [2.05, 4.69) is 162 Å². The van der Waals surface area contributed by atoms with Crippen molar-refractivity contribution >= 4 is 65.8 Å². The molecule has 0 saturated carbocycles. The number of aryl methyl sites for hydroxylation is 5. The van der Waals surface area contributed by atoms with Gasteiger partial charge >= 0.3 is 0 Å². The fraction of sp³-hybridized carbons (Fsp3) is 0.0556. The quantitative estimate of drug-likeness (QED) is 0.123. The third kappa shape index (κ3) is 19.8. The van der Waals surface area contributed by atoms with Crippen molar-refractivity contribution in [2.75, 3.05) is 0 Å². The monoisotopic (exact) mass is 2090 g/mol. The van der Waals surface area contributed by atoms with Crippen molar-refractivity contribution < 1.29 is 77.7 Å². The maximum absolute atomic E-state index is 8.10. The first-order valence-corrected chi connectivity index (χ1v) is 38.6. The van der Waals surface area contributed by atoms with Crippen molar-refractivity contribution in [1.29, 1.82) is 0 Å². The minimum atomic E-state index is -2.30. The van der Waals surface area contributed by atoms with Crippen molar-refractivity contribution in [1.82, 2.24) is 29.9 Å². The molecule has 21 rings (SSSR count). The smallest absolute Gasteiger partial charge is 0.143 e. The molecular formula is C108H78Ir3N6O3-6. The van der Waals surface area contributed by atoms with Crippen LogP contribution in [-0.2, 0) is 66.7 Å². The molecular weight excluding hydrogens is 2010 g/mol. The third-order valence-corrected chi connectivity index (χ3v) is 19.9. The Bertz CT molecular complexity index is 6930. The van der Waals surface area contributed by atoms with Crippen molar-refractivity contribution in [3.63, 3.8) is 0 Å². The second kappa shape index (κ2) is 40.8. The van der Waals surface area contributed by atoms with Gasteiger partial charge in [-0.25, -0.2) is 0 Å². The Kier molecular flexibility index (Phi) is 27.5. The van der Waals surface area contributed by atoms with Gasteiger partial charge in [-0.3, -0.25) is 0 Å². The summed E-state index contributed by atoms with van der Waals surface area (Å²) >= 11 is 0. The number of fused-ring (bicyclic) bond motifs is 9. The molecule has 0 unspecified atom stereocenters. The van der Waals surface area contributed by atoms with Crippen LogP contribution in [0.5, 0.6) is 0 Å². The second-order valence-corrected chi connectivity index (χ2v) is 27.7. The summed E-state index contributed by atoms with van der Waals surface area (Å²) in [5, 5.41) is 6.53. The minimum Gasteiger partial charge on any atom is -0.455 e. The Morgan fingerprint density at radius 1 is 0.267 bits per heavy atom. The summed E-state index contributed by atoms with van der Waals surface area (Å²) in [5.74, 6) is 0. The van der Waals surface area contributed by atoms with Crippen LogP contribution in [0.25, 0.3) is 167 Å². The van der Waals surface area contributed by atoms with Gasteiger partial charge in [0.2, 0.25) is 0 Å². The van der Waals surface area contributed by atoms with Crippen molar-refractivity contribution in [2.24, 2.45) is 0 Å². The number of aromatic nitrogens is 6. The molecule has 12 aromatic carbocycles. The molecule has 9 heterocycles. The van der Waals surface area contributed by atoms with Crippen molar-refractivity contribution in [3.05, 3.63) is 435 Å². The van der Waals surface area contributed by atoms with Gasteiger partial charge in [0, 0.05) is 167 Å². The number of hydrogen-bond acceptors (Lipinski definition) is 9. The van der Waals surface area contributed by atoms with E-state index in [1.807, 2.05) is 274 Å². The van der Waals surface area contributed by atoms with E-state index >= 15 is 0 Å². The maximum atomic E-state index is 8.10. The molecule has 0 spiro atoms. The van der Waals surface area contributed by atoms with Gasteiger partial charge in [-0.2, -0.15) is 0 Å². The molecule has 0 aliphatic rings. The number of pyridine rings is 6. The zero-order chi connectivity index (χ0) is 82.2. The minimum absolute atomic E-state index is 0. The fourth-order valence-corrected chi connectivity index (χ4v) is 14.1. The molecule has 0 aliphatic heterocycles. The number of rotatable bonds is 10. The molecule has 0 amide bonds. The molecule has 0 fully saturated rings. The summed E-state index contributed by atoms with van der Waals surface area (Å²) in [6, 6.07) is 128. The Hall–Kier alpha value is -13.1. The van der Waals surface area contributed by atoms with Crippen LogP contribution in [0.2, 0.25) is 0 Å². The Labute approximate surface area is 744 Å². The van der Waals surface area contributed by atoms with Crippen LogP contribution in [0.15, 0.2) is 384 Å². The van der Waals surface area contributed by atoms with Crippen LogP contribution in [0, 0.1) is 64.0 Å². The molecule has 0 N–H and O–H groups in total. The molecule has 12 heteroatoms. The number of para-hydroxylation sites is 6. The third-order valence-electron chi connectivity index (χ3n) is 19.9. The van der Waals surface area contributed by atoms with Gasteiger partial charge in [-0.05, 0) is 121 Å². The average Bonchev–Trinajstić information content (AvgIpc) is 1.59. The predicted octanol–water partition coefficient (Wildman–Crippen LogP) is 27.8. The Morgan fingerprint density at radius 3 is 0.925 bits per heavy atom. The SMILES string of the molecule is CCc1cc(-c2[c-]cccc2)ncc1-c1cccc2c1oc1ccccc12.Cc1cc(-c2[c-]cccc2)ncc1-c1cccc2c1oc1ccccc12.Cc1ccnc(-c2[c-]cccc2)c1.Cc1ccnc(-c2[c-]cccc2)c1.[2H]C([2H])([2H])c1cc(-c2[c-]cccc2)ncc1-c1cccc2c1oc1ccccc12.[Ir].[Ir].[Ir].[c-]1ccccc1-c1ccccn1. The van der Waals surface area contributed by atoms with Gasteiger partial charge in [-0.1, -0.05) is 170 Å². The summed E-state index contributed by atoms with van der Waals surface area (Å²) < 4.78 is 42.8. The van der Waals surface area contributed by atoms with E-state index in [4.69, 9.17) is 22.3 Å². The first-order valence-electron chi connectivity index (χ1n) is 40.1. The number of furan rings is 3. The Morgan fingerprint density at radius 2 is 0.575 bits per heavy atom. The standard InChI is InChI=1S/C25H18NO.2C24H16NO.2C12H10N.C11H8N.3Ir/c1-2-17-15-23(18-9-4-3-5-10-18)26-16-22(17)21-13-8-12-20-19-11-6-7-14-24(19)27-25(20)21;2*1-16-14-22(17-8-3-2-4-9-17)25-15-21(16)20-12-7-11-19-18-10-5-6-13-23(18)26-24(19)20;2*1-10-7-8-13-12(9-10)11-5-3-2-4-6-11;1-2-6-10(7-3-1)11-8-4-5-9-12-11;;;/h3-9,11-16H,2H2,1H3;2*2-8,10-15H,1H3;2*2-5,7-9H,1H3;1-6,8-9H;;;/q6*-1;;;/i;1D3;;;;;;;. The molecule has 9 nitrogen and oxygen atoms in total. The normalized spacial score (nSPS) is 11.0. The molecule has 3 radical (unpaired) electrons. The van der Waals surface area contributed by atoms with Crippen molar-refractivity contribution in [2.45, 2.75) is 41.0 Å². The molecule has 0 saturated heterocycles. The van der Waals surface area contributed by atoms with Crippen LogP contribution >= 0.6 is 0 Å². The second-order valence-electron chi connectivity index (χ2n) is 27.7. The van der Waals surface area contributed by atoms with Gasteiger partial charge < -0.3 is 43.2 Å². The van der Waals surface area contributed by atoms with Crippen LogP contribution in [0.4, 0.5) is 0 Å². The molecule has 0 atom stereocenters. The van der Waals surface area contributed by atoms with E-state index in [1.165, 1.54) is 22.3 Å². The zero-order valence-electron chi connectivity index (χ0n) is 68.8. The summed E-state index contributed by atoms with van der Waals surface area (Å²) in [7, 11) is 0. The van der Waals surface area contributed by atoms with Gasteiger partial charge in [0.25, 0.3) is 0 Å². The first kappa shape index (κ1) is 80.7. The van der Waals surface area contributed by atoms with Crippen LogP contribution in [-0.4, -0.2) is 29.9 Å². The number of nitrogens with zero attached hydrogens (tertiary/aromatic N) is 6. The van der Waals surface area contributed by atoms with E-state index < -0.39 is 6.85 Å². The van der Waals surface area contributed by atoms with Gasteiger partial charge in [0.1, 0.15) is 33.5 Å². The maximum Gasteiger partial charge on any atom is 0.143 e. The van der Waals surface area contributed by atoms with E-state index in [-0.39, 0.29) is 65.9 Å². The van der Waals surface area contributed by atoms with E-state index in [0.29, 0.717) is 16.8 Å². The molecule has 9 aromatic heterocycles. The molecule has 120 heavy (non-hydrogen) atoms. The Balaban J connectivity index is 0.000000131. The fourth-order valence-electron chi connectivity index (χ4n) is 14.1. The summed E-state index contributed by atoms with van der Waals surface area (Å²) in [6.07, 6.45) is 11.9. The molecule has 21 aromatic rings. The van der Waals surface area contributed by atoms with Crippen LogP contribution in [0.1, 0.15) is 38.9 Å². The van der Waals surface area contributed by atoms with Crippen LogP contribution in [0.3, 0.4) is 0 Å². The van der Waals surface area contributed by atoms with E-state index in [1.54, 1.807) is 24.5 Å². The average molecular weight is 2090 g/mol. The largest absolute Gasteiger partial charge is 0.455 e. The number of hydrogen-bond donors (Lipinski definition) is 0. The van der Waals surface area contributed by atoms with Gasteiger partial charge in [-0.15, -0.1) is 215 Å². The summed E-state index contributed by atoms with van der Waals surface area (Å²) in [4.78, 5) is 26.7. The summed E-state index contributed by atoms with van der Waals surface area (Å²) in [6.45, 7) is 6.12. The van der Waals surface area contributed by atoms with Crippen molar-refractivity contribution in [3.8, 4) is 101 Å². The van der Waals surface area contributed by atoms with Gasteiger partial charge in [0.05, 0.1) is 0 Å². The zero-order valence-corrected chi connectivity index (χ0v) is 73.0. The van der Waals surface area contributed by atoms with Crippen LogP contribution < -0.4 is 0 Å².